The Hall–Kier alpha value is -2.99. The van der Waals surface area contributed by atoms with Gasteiger partial charge in [-0.2, -0.15) is 0 Å². The van der Waals surface area contributed by atoms with Gasteiger partial charge in [0.1, 0.15) is 12.9 Å². The van der Waals surface area contributed by atoms with E-state index in [1.807, 2.05) is 19.1 Å². The first-order chi connectivity index (χ1) is 17.0. The molecule has 0 aliphatic rings. The van der Waals surface area contributed by atoms with Gasteiger partial charge in [-0.25, -0.2) is 9.78 Å². The zero-order valence-corrected chi connectivity index (χ0v) is 21.5. The number of ether oxygens (including phenoxy) is 1. The van der Waals surface area contributed by atoms with Crippen molar-refractivity contribution in [2.24, 2.45) is 0 Å². The third kappa shape index (κ3) is 8.03. The first kappa shape index (κ1) is 26.6. The molecule has 1 heterocycles. The van der Waals surface area contributed by atoms with Crippen molar-refractivity contribution in [1.82, 2.24) is 14.5 Å². The second-order valence-electron chi connectivity index (χ2n) is 7.52. The van der Waals surface area contributed by atoms with E-state index < -0.39 is 0 Å². The molecule has 0 unspecified atom stereocenters. The van der Waals surface area contributed by atoms with Crippen molar-refractivity contribution >= 4 is 40.8 Å². The summed E-state index contributed by atoms with van der Waals surface area (Å²) in [5.41, 5.74) is 2.55. The molecule has 4 aromatic rings. The summed E-state index contributed by atoms with van der Waals surface area (Å²) >= 11 is 18.0. The van der Waals surface area contributed by atoms with Crippen molar-refractivity contribution in [3.05, 3.63) is 107 Å². The molecule has 4 rings (SSSR count). The second-order valence-corrected chi connectivity index (χ2v) is 8.77. The van der Waals surface area contributed by atoms with Crippen LogP contribution >= 0.6 is 34.8 Å². The lowest BCUT2D eigenvalue weighted by Crippen LogP contribution is -2.37. The lowest BCUT2D eigenvalue weighted by molar-refractivity contribution is 0.184. The lowest BCUT2D eigenvalue weighted by atomic mass is 10.1. The molecule has 3 aromatic carbocycles. The Kier molecular flexibility index (Phi) is 10.5. The molecule has 182 valence electrons. The summed E-state index contributed by atoms with van der Waals surface area (Å²) in [6.45, 7) is 3.28. The summed E-state index contributed by atoms with van der Waals surface area (Å²) in [6, 6.07) is 23.8. The summed E-state index contributed by atoms with van der Waals surface area (Å²) in [7, 11) is 0. The van der Waals surface area contributed by atoms with Crippen LogP contribution in [0.4, 0.5) is 4.79 Å². The summed E-state index contributed by atoms with van der Waals surface area (Å²) < 4.78 is 7.05. The molecule has 0 saturated heterocycles. The van der Waals surface area contributed by atoms with Gasteiger partial charge in [-0.3, -0.25) is 4.57 Å². The number of amides is 1. The van der Waals surface area contributed by atoms with Gasteiger partial charge in [0.15, 0.2) is 5.75 Å². The largest absolute Gasteiger partial charge is 0.489 e. The van der Waals surface area contributed by atoms with Crippen LogP contribution in [-0.4, -0.2) is 40.2 Å². The average molecular weight is 531 g/mol. The molecule has 0 spiro atoms. The molecule has 0 aliphatic heterocycles. The van der Waals surface area contributed by atoms with Gasteiger partial charge in [-0.15, -0.1) is 0 Å². The van der Waals surface area contributed by atoms with Gasteiger partial charge in [0, 0.05) is 24.0 Å². The fourth-order valence-corrected chi connectivity index (χ4v) is 4.22. The van der Waals surface area contributed by atoms with E-state index in [-0.39, 0.29) is 12.6 Å². The first-order valence-electron chi connectivity index (χ1n) is 11.1. The van der Waals surface area contributed by atoms with Crippen LogP contribution in [-0.2, 0) is 0 Å². The van der Waals surface area contributed by atoms with Gasteiger partial charge < -0.3 is 9.64 Å². The molecule has 0 atom stereocenters. The maximum atomic E-state index is 12.3. The minimum Gasteiger partial charge on any atom is -0.489 e. The van der Waals surface area contributed by atoms with E-state index in [1.165, 1.54) is 22.0 Å². The molecule has 5 nitrogen and oxygen atoms in total. The Morgan fingerprint density at radius 2 is 1.49 bits per heavy atom. The quantitative estimate of drug-likeness (QED) is 0.243. The van der Waals surface area contributed by atoms with E-state index in [0.717, 1.165) is 6.42 Å². The molecule has 0 saturated carbocycles. The molecule has 35 heavy (non-hydrogen) atoms. The van der Waals surface area contributed by atoms with Gasteiger partial charge in [0.2, 0.25) is 0 Å². The van der Waals surface area contributed by atoms with Gasteiger partial charge >= 0.3 is 6.03 Å². The van der Waals surface area contributed by atoms with Crippen molar-refractivity contribution in [1.29, 1.82) is 0 Å². The van der Waals surface area contributed by atoms with Crippen LogP contribution in [0.2, 0.25) is 15.1 Å². The van der Waals surface area contributed by atoms with E-state index in [9.17, 15) is 4.79 Å². The standard InChI is InChI=1S/C15H16Cl3N3O2.C12H10/c1-2-4-20(15(22)21-5-3-19-10-21)6-7-23-14-12(17)8-11(16)9-13(14)18;1-3-7-11(8-4-1)12-9-5-2-6-10-12/h3,5,8-10H,2,4,6-7H2,1H3;1-10H. The number of imidazole rings is 1. The average Bonchev–Trinajstić information content (AvgIpc) is 3.41. The number of halogens is 3. The number of aromatic nitrogens is 2. The number of nitrogens with zero attached hydrogens (tertiary/aromatic N) is 3. The highest BCUT2D eigenvalue weighted by molar-refractivity contribution is 6.40. The summed E-state index contributed by atoms with van der Waals surface area (Å²) in [6.07, 6.45) is 5.48. The lowest BCUT2D eigenvalue weighted by Gasteiger charge is -2.22. The number of benzene rings is 3. The number of carbonyl (C=O) groups excluding carboxylic acids is 1. The monoisotopic (exact) mass is 529 g/mol. The molecule has 0 radical (unpaired) electrons. The van der Waals surface area contributed by atoms with Crippen molar-refractivity contribution in [3.63, 3.8) is 0 Å². The van der Waals surface area contributed by atoms with Gasteiger partial charge in [0.05, 0.1) is 16.6 Å². The molecular weight excluding hydrogens is 505 g/mol. The maximum Gasteiger partial charge on any atom is 0.329 e. The summed E-state index contributed by atoms with van der Waals surface area (Å²) in [5.74, 6) is 0.365. The Balaban J connectivity index is 0.000000237. The molecule has 0 aliphatic carbocycles. The van der Waals surface area contributed by atoms with Crippen LogP contribution < -0.4 is 4.74 Å². The zero-order chi connectivity index (χ0) is 25.0. The highest BCUT2D eigenvalue weighted by atomic mass is 35.5. The van der Waals surface area contributed by atoms with Crippen LogP contribution in [0.25, 0.3) is 11.1 Å². The van der Waals surface area contributed by atoms with Gasteiger partial charge in [0.25, 0.3) is 0 Å². The molecule has 0 N–H and O–H groups in total. The predicted octanol–water partition coefficient (Wildman–Crippen LogP) is 7.96. The molecule has 8 heteroatoms. The molecule has 0 fully saturated rings. The fourth-order valence-electron chi connectivity index (χ4n) is 3.29. The topological polar surface area (TPSA) is 47.4 Å². The Bertz CT molecular complexity index is 1130. The number of hydrogen-bond acceptors (Lipinski definition) is 3. The zero-order valence-electron chi connectivity index (χ0n) is 19.3. The van der Waals surface area contributed by atoms with Crippen LogP contribution in [0.5, 0.6) is 5.75 Å². The molecular formula is C27H26Cl3N3O2. The van der Waals surface area contributed by atoms with Crippen LogP contribution in [0.3, 0.4) is 0 Å². The first-order valence-corrected chi connectivity index (χ1v) is 12.3. The Morgan fingerprint density at radius 3 is 1.97 bits per heavy atom. The summed E-state index contributed by atoms with van der Waals surface area (Å²) in [5, 5.41) is 1.12. The number of carbonyl (C=O) groups is 1. The van der Waals surface area contributed by atoms with Crippen molar-refractivity contribution < 1.29 is 9.53 Å². The molecule has 0 bridgehead atoms. The predicted molar refractivity (Wildman–Crippen MR) is 144 cm³/mol. The normalized spacial score (nSPS) is 10.3. The fraction of sp³-hybridized carbons (Fsp3) is 0.185. The highest BCUT2D eigenvalue weighted by Gasteiger charge is 2.15. The van der Waals surface area contributed by atoms with Crippen molar-refractivity contribution in [2.75, 3.05) is 19.7 Å². The second kappa shape index (κ2) is 13.8. The van der Waals surface area contributed by atoms with E-state index in [2.05, 4.69) is 53.5 Å². The van der Waals surface area contributed by atoms with Crippen LogP contribution in [0, 0.1) is 0 Å². The number of hydrogen-bond donors (Lipinski definition) is 0. The van der Waals surface area contributed by atoms with E-state index in [0.29, 0.717) is 33.9 Å². The number of rotatable bonds is 7. The van der Waals surface area contributed by atoms with E-state index in [4.69, 9.17) is 39.5 Å². The van der Waals surface area contributed by atoms with E-state index >= 15 is 0 Å². The highest BCUT2D eigenvalue weighted by Crippen LogP contribution is 2.35. The molecule has 1 amide bonds. The van der Waals surface area contributed by atoms with E-state index in [1.54, 1.807) is 29.4 Å². The van der Waals surface area contributed by atoms with Gasteiger partial charge in [-0.1, -0.05) is 102 Å². The Labute approximate surface area is 220 Å². The summed E-state index contributed by atoms with van der Waals surface area (Å²) in [4.78, 5) is 17.9. The smallest absolute Gasteiger partial charge is 0.329 e. The minimum absolute atomic E-state index is 0.152. The van der Waals surface area contributed by atoms with Crippen LogP contribution in [0.15, 0.2) is 91.5 Å². The minimum atomic E-state index is -0.152. The SMILES string of the molecule is CCCN(CCOc1c(Cl)cc(Cl)cc1Cl)C(=O)n1ccnc1.c1ccc(-c2ccccc2)cc1. The van der Waals surface area contributed by atoms with Gasteiger partial charge in [-0.05, 0) is 29.7 Å². The van der Waals surface area contributed by atoms with Crippen molar-refractivity contribution in [2.45, 2.75) is 13.3 Å². The third-order valence-electron chi connectivity index (χ3n) is 4.94. The Morgan fingerprint density at radius 1 is 0.914 bits per heavy atom. The van der Waals surface area contributed by atoms with Crippen molar-refractivity contribution in [3.8, 4) is 16.9 Å². The third-order valence-corrected chi connectivity index (χ3v) is 5.72. The maximum absolute atomic E-state index is 12.3. The molecule has 1 aromatic heterocycles. The van der Waals surface area contributed by atoms with Crippen LogP contribution in [0.1, 0.15) is 13.3 Å².